The molecule has 0 aliphatic rings. The molecule has 0 unspecified atom stereocenters. The van der Waals surface area contributed by atoms with Gasteiger partial charge in [0.2, 0.25) is 0 Å². The first-order valence-corrected chi connectivity index (χ1v) is 4.99. The van der Waals surface area contributed by atoms with Crippen LogP contribution in [-0.2, 0) is 0 Å². The number of aryl methyl sites for hydroxylation is 1. The fourth-order valence-corrected chi connectivity index (χ4v) is 1.37. The SMILES string of the molecule is Cc1ccccc1NNc1ccccc1. The molecule has 0 saturated carbocycles. The Morgan fingerprint density at radius 3 is 2.13 bits per heavy atom. The number of anilines is 2. The monoisotopic (exact) mass is 198 g/mol. The zero-order chi connectivity index (χ0) is 10.5. The largest absolute Gasteiger partial charge is 0.301 e. The molecule has 0 radical (unpaired) electrons. The van der Waals surface area contributed by atoms with Gasteiger partial charge in [0.15, 0.2) is 0 Å². The highest BCUT2D eigenvalue weighted by molar-refractivity contribution is 5.55. The molecule has 2 nitrogen and oxygen atoms in total. The highest BCUT2D eigenvalue weighted by Gasteiger charge is 1.94. The molecule has 0 atom stereocenters. The predicted octanol–water partition coefficient (Wildman–Crippen LogP) is 3.43. The van der Waals surface area contributed by atoms with Crippen LogP contribution in [0.1, 0.15) is 5.56 Å². The van der Waals surface area contributed by atoms with Crippen LogP contribution < -0.4 is 10.9 Å². The van der Waals surface area contributed by atoms with Crippen LogP contribution in [0.25, 0.3) is 0 Å². The van der Waals surface area contributed by atoms with E-state index in [0.717, 1.165) is 11.4 Å². The Balaban J connectivity index is 2.03. The van der Waals surface area contributed by atoms with Crippen molar-refractivity contribution >= 4 is 11.4 Å². The van der Waals surface area contributed by atoms with Crippen molar-refractivity contribution in [2.45, 2.75) is 6.92 Å². The number of hydrazine groups is 1. The third kappa shape index (κ3) is 2.50. The molecular formula is C13H14N2. The molecule has 2 heteroatoms. The second kappa shape index (κ2) is 4.51. The van der Waals surface area contributed by atoms with Gasteiger partial charge in [-0.15, -0.1) is 0 Å². The first kappa shape index (κ1) is 9.59. The maximum absolute atomic E-state index is 3.18. The van der Waals surface area contributed by atoms with Gasteiger partial charge >= 0.3 is 0 Å². The molecule has 2 rings (SSSR count). The van der Waals surface area contributed by atoms with Gasteiger partial charge in [-0.2, -0.15) is 0 Å². The Labute approximate surface area is 89.9 Å². The molecular weight excluding hydrogens is 184 g/mol. The van der Waals surface area contributed by atoms with Gasteiger partial charge < -0.3 is 10.9 Å². The number of hydrogen-bond acceptors (Lipinski definition) is 2. The first-order valence-electron chi connectivity index (χ1n) is 4.99. The Bertz CT molecular complexity index is 424. The van der Waals surface area contributed by atoms with Crippen LogP contribution >= 0.6 is 0 Å². The lowest BCUT2D eigenvalue weighted by Crippen LogP contribution is -2.09. The molecule has 0 fully saturated rings. The minimum absolute atomic E-state index is 1.06. The first-order chi connectivity index (χ1) is 7.36. The molecule has 0 saturated heterocycles. The smallest absolute Gasteiger partial charge is 0.0569 e. The summed E-state index contributed by atoms with van der Waals surface area (Å²) in [5.74, 6) is 0. The summed E-state index contributed by atoms with van der Waals surface area (Å²) in [5.41, 5.74) is 9.71. The molecule has 0 aromatic heterocycles. The summed E-state index contributed by atoms with van der Waals surface area (Å²) >= 11 is 0. The van der Waals surface area contributed by atoms with Gasteiger partial charge in [-0.25, -0.2) is 0 Å². The van der Waals surface area contributed by atoms with Gasteiger partial charge in [0.1, 0.15) is 0 Å². The lowest BCUT2D eigenvalue weighted by Gasteiger charge is -2.11. The second-order valence-electron chi connectivity index (χ2n) is 3.43. The zero-order valence-corrected chi connectivity index (χ0v) is 8.70. The van der Waals surface area contributed by atoms with E-state index in [4.69, 9.17) is 0 Å². The van der Waals surface area contributed by atoms with E-state index in [9.17, 15) is 0 Å². The fourth-order valence-electron chi connectivity index (χ4n) is 1.37. The standard InChI is InChI=1S/C13H14N2/c1-11-7-5-6-10-13(11)15-14-12-8-3-2-4-9-12/h2-10,14-15H,1H3. The summed E-state index contributed by atoms with van der Waals surface area (Å²) < 4.78 is 0. The van der Waals surface area contributed by atoms with Gasteiger partial charge in [0.05, 0.1) is 11.4 Å². The summed E-state index contributed by atoms with van der Waals surface area (Å²) in [6.07, 6.45) is 0. The van der Waals surface area contributed by atoms with E-state index >= 15 is 0 Å². The minimum atomic E-state index is 1.06. The number of rotatable bonds is 3. The quantitative estimate of drug-likeness (QED) is 0.738. The average Bonchev–Trinajstić information content (AvgIpc) is 2.29. The van der Waals surface area contributed by atoms with E-state index in [2.05, 4.69) is 23.8 Å². The fraction of sp³-hybridized carbons (Fsp3) is 0.0769. The second-order valence-corrected chi connectivity index (χ2v) is 3.43. The predicted molar refractivity (Wildman–Crippen MR) is 64.9 cm³/mol. The van der Waals surface area contributed by atoms with Gasteiger partial charge in [-0.05, 0) is 30.7 Å². The minimum Gasteiger partial charge on any atom is -0.301 e. The molecule has 0 amide bonds. The summed E-state index contributed by atoms with van der Waals surface area (Å²) in [5, 5.41) is 0. The third-order valence-corrected chi connectivity index (χ3v) is 2.26. The maximum Gasteiger partial charge on any atom is 0.0569 e. The summed E-state index contributed by atoms with van der Waals surface area (Å²) in [7, 11) is 0. The van der Waals surface area contributed by atoms with Crippen molar-refractivity contribution in [3.8, 4) is 0 Å². The molecule has 0 aliphatic heterocycles. The summed E-state index contributed by atoms with van der Waals surface area (Å²) in [6.45, 7) is 2.08. The molecule has 0 bridgehead atoms. The normalized spacial score (nSPS) is 9.67. The highest BCUT2D eigenvalue weighted by atomic mass is 15.4. The molecule has 2 N–H and O–H groups in total. The Morgan fingerprint density at radius 2 is 1.40 bits per heavy atom. The van der Waals surface area contributed by atoms with E-state index < -0.39 is 0 Å². The van der Waals surface area contributed by atoms with Gasteiger partial charge in [-0.1, -0.05) is 36.4 Å². The number of hydrogen-bond donors (Lipinski definition) is 2. The topological polar surface area (TPSA) is 24.1 Å². The van der Waals surface area contributed by atoms with Gasteiger partial charge in [0.25, 0.3) is 0 Å². The van der Waals surface area contributed by atoms with Crippen LogP contribution in [0.15, 0.2) is 54.6 Å². The number of nitrogens with one attached hydrogen (secondary N) is 2. The van der Waals surface area contributed by atoms with Gasteiger partial charge in [-0.3, -0.25) is 0 Å². The maximum atomic E-state index is 3.18. The molecule has 15 heavy (non-hydrogen) atoms. The van der Waals surface area contributed by atoms with E-state index in [1.807, 2.05) is 48.5 Å². The van der Waals surface area contributed by atoms with Crippen LogP contribution in [0, 0.1) is 6.92 Å². The molecule has 76 valence electrons. The van der Waals surface area contributed by atoms with Crippen molar-refractivity contribution in [1.82, 2.24) is 0 Å². The Kier molecular flexibility index (Phi) is 2.88. The molecule has 0 heterocycles. The zero-order valence-electron chi connectivity index (χ0n) is 8.70. The molecule has 0 aliphatic carbocycles. The van der Waals surface area contributed by atoms with Crippen molar-refractivity contribution in [2.24, 2.45) is 0 Å². The van der Waals surface area contributed by atoms with Crippen molar-refractivity contribution in [3.63, 3.8) is 0 Å². The van der Waals surface area contributed by atoms with Crippen LogP contribution in [0.3, 0.4) is 0 Å². The number of benzene rings is 2. The molecule has 2 aromatic rings. The van der Waals surface area contributed by atoms with E-state index in [0.29, 0.717) is 0 Å². The van der Waals surface area contributed by atoms with Crippen molar-refractivity contribution < 1.29 is 0 Å². The lowest BCUT2D eigenvalue weighted by atomic mass is 10.2. The molecule has 0 spiro atoms. The van der Waals surface area contributed by atoms with Crippen molar-refractivity contribution in [1.29, 1.82) is 0 Å². The van der Waals surface area contributed by atoms with Crippen LogP contribution in [0.5, 0.6) is 0 Å². The van der Waals surface area contributed by atoms with E-state index in [-0.39, 0.29) is 0 Å². The summed E-state index contributed by atoms with van der Waals surface area (Å²) in [4.78, 5) is 0. The van der Waals surface area contributed by atoms with Crippen LogP contribution in [-0.4, -0.2) is 0 Å². The highest BCUT2D eigenvalue weighted by Crippen LogP contribution is 2.13. The van der Waals surface area contributed by atoms with Crippen LogP contribution in [0.2, 0.25) is 0 Å². The van der Waals surface area contributed by atoms with E-state index in [1.54, 1.807) is 0 Å². The van der Waals surface area contributed by atoms with E-state index in [1.165, 1.54) is 5.56 Å². The summed E-state index contributed by atoms with van der Waals surface area (Å²) in [6, 6.07) is 18.2. The van der Waals surface area contributed by atoms with Crippen molar-refractivity contribution in [3.05, 3.63) is 60.2 Å². The lowest BCUT2D eigenvalue weighted by molar-refractivity contribution is 1.36. The number of para-hydroxylation sites is 2. The Morgan fingerprint density at radius 1 is 0.733 bits per heavy atom. The third-order valence-electron chi connectivity index (χ3n) is 2.26. The van der Waals surface area contributed by atoms with Crippen molar-refractivity contribution in [2.75, 3.05) is 10.9 Å². The van der Waals surface area contributed by atoms with Crippen LogP contribution in [0.4, 0.5) is 11.4 Å². The average molecular weight is 198 g/mol. The van der Waals surface area contributed by atoms with Gasteiger partial charge in [0, 0.05) is 0 Å². The Hall–Kier alpha value is -1.96. The molecule has 2 aromatic carbocycles.